The van der Waals surface area contributed by atoms with Crippen molar-refractivity contribution in [3.8, 4) is 0 Å². The van der Waals surface area contributed by atoms with Gasteiger partial charge >= 0.3 is 0 Å². The summed E-state index contributed by atoms with van der Waals surface area (Å²) in [4.78, 5) is 22.6. The number of aryl methyl sites for hydroxylation is 1. The van der Waals surface area contributed by atoms with Crippen LogP contribution in [0.3, 0.4) is 0 Å². The summed E-state index contributed by atoms with van der Waals surface area (Å²) < 4.78 is 0. The monoisotopic (exact) mass is 359 g/mol. The molecule has 0 radical (unpaired) electrons. The zero-order chi connectivity index (χ0) is 18.2. The molecule has 0 spiro atoms. The van der Waals surface area contributed by atoms with Gasteiger partial charge in [0.25, 0.3) is 5.91 Å². The first-order chi connectivity index (χ1) is 12.0. The number of aromatic nitrogens is 1. The molecule has 134 valence electrons. The molecule has 1 aromatic carbocycles. The van der Waals surface area contributed by atoms with E-state index in [1.54, 1.807) is 25.4 Å². The van der Waals surface area contributed by atoms with Crippen molar-refractivity contribution in [1.82, 2.24) is 20.5 Å². The molecule has 0 aliphatic carbocycles. The fourth-order valence-electron chi connectivity index (χ4n) is 2.51. The molecule has 1 aromatic heterocycles. The van der Waals surface area contributed by atoms with E-state index in [0.29, 0.717) is 5.56 Å². The van der Waals surface area contributed by atoms with Gasteiger partial charge in [-0.15, -0.1) is 11.3 Å². The molecule has 2 rings (SSSR count). The van der Waals surface area contributed by atoms with Gasteiger partial charge in [0.05, 0.1) is 17.2 Å². The van der Waals surface area contributed by atoms with Crippen molar-refractivity contribution in [1.29, 1.82) is 0 Å². The molecule has 7 heteroatoms. The average Bonchev–Trinajstić information content (AvgIpc) is 3.02. The van der Waals surface area contributed by atoms with E-state index in [1.165, 1.54) is 0 Å². The zero-order valence-electron chi connectivity index (χ0n) is 15.2. The predicted octanol–water partition coefficient (Wildman–Crippen LogP) is 2.06. The Kier molecular flexibility index (Phi) is 6.94. The van der Waals surface area contributed by atoms with Crippen LogP contribution in [0.5, 0.6) is 0 Å². The minimum atomic E-state index is -0.0658. The summed E-state index contributed by atoms with van der Waals surface area (Å²) >= 11 is 1.66. The summed E-state index contributed by atoms with van der Waals surface area (Å²) in [5.41, 5.74) is 2.84. The van der Waals surface area contributed by atoms with E-state index in [0.717, 1.165) is 41.7 Å². The predicted molar refractivity (Wildman–Crippen MR) is 103 cm³/mol. The number of carbonyl (C=O) groups excluding carboxylic acids is 1. The highest BCUT2D eigenvalue weighted by Gasteiger charge is 2.09. The van der Waals surface area contributed by atoms with Gasteiger partial charge in [-0.25, -0.2) is 4.98 Å². The van der Waals surface area contributed by atoms with Crippen LogP contribution in [0, 0.1) is 6.92 Å². The highest BCUT2D eigenvalue weighted by molar-refractivity contribution is 7.09. The molecule has 0 aliphatic heterocycles. The quantitative estimate of drug-likeness (QED) is 0.612. The molecule has 25 heavy (non-hydrogen) atoms. The molecule has 0 atom stereocenters. The van der Waals surface area contributed by atoms with Crippen molar-refractivity contribution >= 4 is 23.2 Å². The van der Waals surface area contributed by atoms with Gasteiger partial charge in [0.15, 0.2) is 5.96 Å². The molecule has 0 aliphatic rings. The second-order valence-electron chi connectivity index (χ2n) is 5.72. The Bertz CT molecular complexity index is 741. The SMILES string of the molecule is CN=C(NCCc1cccc(C(=O)NC)c1)N(C)Cc1csc(C)n1. The van der Waals surface area contributed by atoms with Crippen LogP contribution in [0.4, 0.5) is 0 Å². The Labute approximate surface area is 153 Å². The van der Waals surface area contributed by atoms with Crippen molar-refractivity contribution in [2.45, 2.75) is 19.9 Å². The summed E-state index contributed by atoms with van der Waals surface area (Å²) in [6.07, 6.45) is 0.813. The molecule has 1 heterocycles. The molecule has 1 amide bonds. The molecular formula is C18H25N5OS. The number of hydrogen-bond acceptors (Lipinski definition) is 4. The molecule has 0 saturated heterocycles. The van der Waals surface area contributed by atoms with Gasteiger partial charge in [-0.3, -0.25) is 9.79 Å². The molecular weight excluding hydrogens is 334 g/mol. The Morgan fingerprint density at radius 1 is 1.40 bits per heavy atom. The summed E-state index contributed by atoms with van der Waals surface area (Å²) in [5.74, 6) is 0.761. The number of nitrogens with zero attached hydrogens (tertiary/aromatic N) is 3. The van der Waals surface area contributed by atoms with Crippen LogP contribution in [0.2, 0.25) is 0 Å². The van der Waals surface area contributed by atoms with Gasteiger partial charge in [0.2, 0.25) is 0 Å². The van der Waals surface area contributed by atoms with Gasteiger partial charge < -0.3 is 15.5 Å². The fourth-order valence-corrected chi connectivity index (χ4v) is 3.12. The first-order valence-electron chi connectivity index (χ1n) is 8.17. The summed E-state index contributed by atoms with van der Waals surface area (Å²) in [7, 11) is 5.41. The van der Waals surface area contributed by atoms with Crippen LogP contribution >= 0.6 is 11.3 Å². The molecule has 0 fully saturated rings. The van der Waals surface area contributed by atoms with Crippen molar-refractivity contribution in [2.75, 3.05) is 27.7 Å². The Morgan fingerprint density at radius 2 is 2.20 bits per heavy atom. The first-order valence-corrected chi connectivity index (χ1v) is 9.05. The maximum Gasteiger partial charge on any atom is 0.251 e. The Hall–Kier alpha value is -2.41. The third-order valence-corrected chi connectivity index (χ3v) is 4.57. The van der Waals surface area contributed by atoms with Gasteiger partial charge in [-0.05, 0) is 31.0 Å². The standard InChI is InChI=1S/C18H25N5OS/c1-13-22-16(12-25-13)11-23(4)18(20-3)21-9-8-14-6-5-7-15(10-14)17(24)19-2/h5-7,10,12H,8-9,11H2,1-4H3,(H,19,24)(H,20,21). The highest BCUT2D eigenvalue weighted by Crippen LogP contribution is 2.10. The van der Waals surface area contributed by atoms with Crippen molar-refractivity contribution in [3.63, 3.8) is 0 Å². The lowest BCUT2D eigenvalue weighted by Crippen LogP contribution is -2.39. The lowest BCUT2D eigenvalue weighted by atomic mass is 10.1. The third kappa shape index (κ3) is 5.56. The van der Waals surface area contributed by atoms with Crippen LogP contribution in [0.25, 0.3) is 0 Å². The largest absolute Gasteiger partial charge is 0.356 e. The minimum Gasteiger partial charge on any atom is -0.356 e. The zero-order valence-corrected chi connectivity index (χ0v) is 16.0. The van der Waals surface area contributed by atoms with Crippen molar-refractivity contribution < 1.29 is 4.79 Å². The van der Waals surface area contributed by atoms with E-state index in [4.69, 9.17) is 0 Å². The van der Waals surface area contributed by atoms with E-state index in [2.05, 4.69) is 30.9 Å². The van der Waals surface area contributed by atoms with Crippen molar-refractivity contribution in [3.05, 3.63) is 51.5 Å². The van der Waals surface area contributed by atoms with Crippen LogP contribution in [0.15, 0.2) is 34.6 Å². The second-order valence-corrected chi connectivity index (χ2v) is 6.78. The van der Waals surface area contributed by atoms with E-state index >= 15 is 0 Å². The Morgan fingerprint density at radius 3 is 2.84 bits per heavy atom. The average molecular weight is 359 g/mol. The molecule has 0 saturated carbocycles. The van der Waals surface area contributed by atoms with E-state index < -0.39 is 0 Å². The number of rotatable bonds is 6. The number of benzene rings is 1. The summed E-state index contributed by atoms with van der Waals surface area (Å²) in [5, 5.41) is 9.15. The maximum absolute atomic E-state index is 11.7. The fraction of sp³-hybridized carbons (Fsp3) is 0.389. The summed E-state index contributed by atoms with van der Waals surface area (Å²) in [6.45, 7) is 3.47. The second kappa shape index (κ2) is 9.17. The van der Waals surface area contributed by atoms with Crippen LogP contribution < -0.4 is 10.6 Å². The maximum atomic E-state index is 11.7. The van der Waals surface area contributed by atoms with Gasteiger partial charge in [-0.1, -0.05) is 12.1 Å². The number of carbonyl (C=O) groups is 1. The van der Waals surface area contributed by atoms with Crippen LogP contribution in [-0.2, 0) is 13.0 Å². The molecule has 0 unspecified atom stereocenters. The molecule has 6 nitrogen and oxygen atoms in total. The number of thiazole rings is 1. The lowest BCUT2D eigenvalue weighted by Gasteiger charge is -2.21. The lowest BCUT2D eigenvalue weighted by molar-refractivity contribution is 0.0963. The normalized spacial score (nSPS) is 11.3. The smallest absolute Gasteiger partial charge is 0.251 e. The van der Waals surface area contributed by atoms with Gasteiger partial charge in [0, 0.05) is 38.6 Å². The van der Waals surface area contributed by atoms with E-state index in [1.807, 2.05) is 38.2 Å². The van der Waals surface area contributed by atoms with Crippen LogP contribution in [0.1, 0.15) is 26.6 Å². The van der Waals surface area contributed by atoms with E-state index in [9.17, 15) is 4.79 Å². The minimum absolute atomic E-state index is 0.0658. The highest BCUT2D eigenvalue weighted by atomic mass is 32.1. The molecule has 2 aromatic rings. The third-order valence-electron chi connectivity index (χ3n) is 3.75. The van der Waals surface area contributed by atoms with Crippen LogP contribution in [-0.4, -0.2) is 49.4 Å². The van der Waals surface area contributed by atoms with Crippen molar-refractivity contribution in [2.24, 2.45) is 4.99 Å². The number of amides is 1. The summed E-state index contributed by atoms with van der Waals surface area (Å²) in [6, 6.07) is 7.67. The Balaban J connectivity index is 1.87. The molecule has 0 bridgehead atoms. The number of hydrogen-bond donors (Lipinski definition) is 2. The number of guanidine groups is 1. The number of aliphatic imine (C=N–C) groups is 1. The van der Waals surface area contributed by atoms with Gasteiger partial charge in [-0.2, -0.15) is 0 Å². The van der Waals surface area contributed by atoms with E-state index in [-0.39, 0.29) is 5.91 Å². The molecule has 2 N–H and O–H groups in total. The first kappa shape index (κ1) is 18.9. The number of nitrogens with one attached hydrogen (secondary N) is 2. The topological polar surface area (TPSA) is 69.6 Å². The van der Waals surface area contributed by atoms with Gasteiger partial charge in [0.1, 0.15) is 0 Å².